The van der Waals surface area contributed by atoms with Crippen LogP contribution in [0.2, 0.25) is 0 Å². The van der Waals surface area contributed by atoms with E-state index in [1.807, 2.05) is 0 Å². The third-order valence-electron chi connectivity index (χ3n) is 4.77. The SMILES string of the molecule is CC1CCCC(CCN2CCCCC2C(=O)O)C1. The molecule has 18 heavy (non-hydrogen) atoms. The van der Waals surface area contributed by atoms with Crippen LogP contribution < -0.4 is 0 Å². The van der Waals surface area contributed by atoms with Crippen LogP contribution in [0.25, 0.3) is 0 Å². The molecule has 2 aliphatic rings. The number of likely N-dealkylation sites (tertiary alicyclic amines) is 1. The Morgan fingerprint density at radius 3 is 2.78 bits per heavy atom. The Labute approximate surface area is 111 Å². The number of carboxylic acids is 1. The Kier molecular flexibility index (Phi) is 5.04. The highest BCUT2D eigenvalue weighted by Gasteiger charge is 2.29. The number of carbonyl (C=O) groups is 1. The molecular formula is C15H27NO2. The van der Waals surface area contributed by atoms with Crippen LogP contribution in [0.4, 0.5) is 0 Å². The maximum atomic E-state index is 11.2. The van der Waals surface area contributed by atoms with Gasteiger partial charge >= 0.3 is 5.97 Å². The zero-order chi connectivity index (χ0) is 13.0. The molecule has 1 N–H and O–H groups in total. The third kappa shape index (κ3) is 3.71. The maximum absolute atomic E-state index is 11.2. The standard InChI is InChI=1S/C15H27NO2/c1-12-5-4-6-13(11-12)8-10-16-9-3-2-7-14(16)15(17)18/h12-14H,2-11H2,1H3,(H,17,18). The average Bonchev–Trinajstić information content (AvgIpc) is 2.37. The molecule has 0 amide bonds. The van der Waals surface area contributed by atoms with Gasteiger partial charge in [0.15, 0.2) is 0 Å². The van der Waals surface area contributed by atoms with E-state index in [4.69, 9.17) is 0 Å². The van der Waals surface area contributed by atoms with Crippen molar-refractivity contribution in [1.82, 2.24) is 4.90 Å². The largest absolute Gasteiger partial charge is 0.480 e. The molecular weight excluding hydrogens is 226 g/mol. The van der Waals surface area contributed by atoms with Crippen molar-refractivity contribution in [2.75, 3.05) is 13.1 Å². The summed E-state index contributed by atoms with van der Waals surface area (Å²) in [6, 6.07) is -0.209. The van der Waals surface area contributed by atoms with E-state index in [1.165, 1.54) is 38.5 Å². The minimum absolute atomic E-state index is 0.209. The minimum atomic E-state index is -0.619. The first kappa shape index (κ1) is 13.9. The molecule has 0 aromatic heterocycles. The van der Waals surface area contributed by atoms with Crippen molar-refractivity contribution in [1.29, 1.82) is 0 Å². The molecule has 1 aliphatic heterocycles. The number of aliphatic carboxylic acids is 1. The van der Waals surface area contributed by atoms with Crippen molar-refractivity contribution in [3.8, 4) is 0 Å². The maximum Gasteiger partial charge on any atom is 0.320 e. The Morgan fingerprint density at radius 1 is 1.22 bits per heavy atom. The minimum Gasteiger partial charge on any atom is -0.480 e. The summed E-state index contributed by atoms with van der Waals surface area (Å²) in [5.74, 6) is 1.09. The monoisotopic (exact) mass is 253 g/mol. The van der Waals surface area contributed by atoms with Crippen LogP contribution in [0.1, 0.15) is 58.3 Å². The van der Waals surface area contributed by atoms with E-state index in [-0.39, 0.29) is 6.04 Å². The summed E-state index contributed by atoms with van der Waals surface area (Å²) in [7, 11) is 0. The third-order valence-corrected chi connectivity index (χ3v) is 4.77. The molecule has 2 fully saturated rings. The number of hydrogen-bond donors (Lipinski definition) is 1. The van der Waals surface area contributed by atoms with Crippen molar-refractivity contribution >= 4 is 5.97 Å². The predicted molar refractivity (Wildman–Crippen MR) is 72.6 cm³/mol. The Balaban J connectivity index is 1.78. The van der Waals surface area contributed by atoms with Crippen molar-refractivity contribution < 1.29 is 9.90 Å². The highest BCUT2D eigenvalue weighted by molar-refractivity contribution is 5.73. The van der Waals surface area contributed by atoms with E-state index in [0.29, 0.717) is 0 Å². The molecule has 1 saturated heterocycles. The first-order chi connectivity index (χ1) is 8.66. The molecule has 3 atom stereocenters. The van der Waals surface area contributed by atoms with E-state index < -0.39 is 5.97 Å². The smallest absolute Gasteiger partial charge is 0.320 e. The van der Waals surface area contributed by atoms with Gasteiger partial charge in [0.25, 0.3) is 0 Å². The number of nitrogens with zero attached hydrogens (tertiary/aromatic N) is 1. The molecule has 104 valence electrons. The molecule has 3 heteroatoms. The van der Waals surface area contributed by atoms with Crippen molar-refractivity contribution in [3.05, 3.63) is 0 Å². The van der Waals surface area contributed by atoms with Crippen molar-refractivity contribution in [2.45, 2.75) is 64.3 Å². The lowest BCUT2D eigenvalue weighted by atomic mass is 9.80. The lowest BCUT2D eigenvalue weighted by Gasteiger charge is -2.35. The second-order valence-electron chi connectivity index (χ2n) is 6.31. The summed E-state index contributed by atoms with van der Waals surface area (Å²) in [5, 5.41) is 9.25. The summed E-state index contributed by atoms with van der Waals surface area (Å²) in [6.07, 6.45) is 9.76. The van der Waals surface area contributed by atoms with Crippen molar-refractivity contribution in [3.63, 3.8) is 0 Å². The van der Waals surface area contributed by atoms with Gasteiger partial charge < -0.3 is 5.11 Å². The zero-order valence-corrected chi connectivity index (χ0v) is 11.6. The van der Waals surface area contributed by atoms with E-state index in [2.05, 4.69) is 11.8 Å². The summed E-state index contributed by atoms with van der Waals surface area (Å²) in [4.78, 5) is 13.4. The van der Waals surface area contributed by atoms with Crippen LogP contribution in [-0.2, 0) is 4.79 Å². The molecule has 1 saturated carbocycles. The number of piperidine rings is 1. The Hall–Kier alpha value is -0.570. The zero-order valence-electron chi connectivity index (χ0n) is 11.6. The Morgan fingerprint density at radius 2 is 2.06 bits per heavy atom. The first-order valence-electron chi connectivity index (χ1n) is 7.63. The lowest BCUT2D eigenvalue weighted by molar-refractivity contribution is -0.144. The quantitative estimate of drug-likeness (QED) is 0.836. The van der Waals surface area contributed by atoms with Crippen LogP contribution in [0.3, 0.4) is 0 Å². The molecule has 1 aliphatic carbocycles. The summed E-state index contributed by atoms with van der Waals surface area (Å²) in [6.45, 7) is 4.33. The summed E-state index contributed by atoms with van der Waals surface area (Å²) >= 11 is 0. The normalized spacial score (nSPS) is 34.4. The van der Waals surface area contributed by atoms with Gasteiger partial charge in [0, 0.05) is 0 Å². The molecule has 3 nitrogen and oxygen atoms in total. The highest BCUT2D eigenvalue weighted by atomic mass is 16.4. The molecule has 0 aromatic carbocycles. The van der Waals surface area contributed by atoms with Crippen LogP contribution in [0.15, 0.2) is 0 Å². The van der Waals surface area contributed by atoms with Gasteiger partial charge in [-0.1, -0.05) is 32.6 Å². The van der Waals surface area contributed by atoms with E-state index in [9.17, 15) is 9.90 Å². The van der Waals surface area contributed by atoms with E-state index >= 15 is 0 Å². The fourth-order valence-electron chi connectivity index (χ4n) is 3.71. The number of carboxylic acid groups (broad SMARTS) is 1. The molecule has 2 rings (SSSR count). The fourth-order valence-corrected chi connectivity index (χ4v) is 3.71. The van der Waals surface area contributed by atoms with Gasteiger partial charge in [0.1, 0.15) is 6.04 Å². The molecule has 3 unspecified atom stereocenters. The number of hydrogen-bond acceptors (Lipinski definition) is 2. The molecule has 0 spiro atoms. The van der Waals surface area contributed by atoms with Gasteiger partial charge in [-0.05, 0) is 50.6 Å². The molecule has 0 bridgehead atoms. The molecule has 0 aromatic rings. The van der Waals surface area contributed by atoms with Gasteiger partial charge in [-0.15, -0.1) is 0 Å². The van der Waals surface area contributed by atoms with Gasteiger partial charge in [0.2, 0.25) is 0 Å². The van der Waals surface area contributed by atoms with Gasteiger partial charge in [0.05, 0.1) is 0 Å². The second-order valence-corrected chi connectivity index (χ2v) is 6.31. The van der Waals surface area contributed by atoms with Crippen LogP contribution in [-0.4, -0.2) is 35.1 Å². The topological polar surface area (TPSA) is 40.5 Å². The highest BCUT2D eigenvalue weighted by Crippen LogP contribution is 2.31. The van der Waals surface area contributed by atoms with Gasteiger partial charge in [-0.25, -0.2) is 0 Å². The van der Waals surface area contributed by atoms with E-state index in [0.717, 1.165) is 37.8 Å². The summed E-state index contributed by atoms with van der Waals surface area (Å²) < 4.78 is 0. The Bertz CT molecular complexity index is 280. The molecule has 1 heterocycles. The summed E-state index contributed by atoms with van der Waals surface area (Å²) in [5.41, 5.74) is 0. The van der Waals surface area contributed by atoms with Crippen LogP contribution >= 0.6 is 0 Å². The predicted octanol–water partition coefficient (Wildman–Crippen LogP) is 3.14. The van der Waals surface area contributed by atoms with Crippen LogP contribution in [0.5, 0.6) is 0 Å². The second kappa shape index (κ2) is 6.55. The molecule has 0 radical (unpaired) electrons. The van der Waals surface area contributed by atoms with E-state index in [1.54, 1.807) is 0 Å². The lowest BCUT2D eigenvalue weighted by Crippen LogP contribution is -2.45. The fraction of sp³-hybridized carbons (Fsp3) is 0.933. The average molecular weight is 253 g/mol. The first-order valence-corrected chi connectivity index (χ1v) is 7.63. The van der Waals surface area contributed by atoms with Gasteiger partial charge in [-0.3, -0.25) is 9.69 Å². The van der Waals surface area contributed by atoms with Crippen LogP contribution in [0, 0.1) is 11.8 Å². The van der Waals surface area contributed by atoms with Gasteiger partial charge in [-0.2, -0.15) is 0 Å². The number of rotatable bonds is 4. The van der Waals surface area contributed by atoms with Crippen molar-refractivity contribution in [2.24, 2.45) is 11.8 Å².